The standard InChI is InChI=1S/C15H20Cl2N2O2/c1-18-8-11-3-2-6-19(9-11)15(20)10-21-14-5-4-12(16)7-13(14)17/h4-5,7,11,18H,2-3,6,8-10H2,1H3. The summed E-state index contributed by atoms with van der Waals surface area (Å²) in [6, 6.07) is 4.97. The van der Waals surface area contributed by atoms with Gasteiger partial charge in [0.2, 0.25) is 0 Å². The van der Waals surface area contributed by atoms with Crippen molar-refractivity contribution in [2.75, 3.05) is 33.3 Å². The number of nitrogens with zero attached hydrogens (tertiary/aromatic N) is 1. The molecule has 0 bridgehead atoms. The number of carbonyl (C=O) groups excluding carboxylic acids is 1. The fourth-order valence-electron chi connectivity index (χ4n) is 2.57. The quantitative estimate of drug-likeness (QED) is 0.902. The van der Waals surface area contributed by atoms with Crippen LogP contribution in [0.15, 0.2) is 18.2 Å². The van der Waals surface area contributed by atoms with Crippen molar-refractivity contribution in [2.45, 2.75) is 12.8 Å². The van der Waals surface area contributed by atoms with E-state index in [-0.39, 0.29) is 12.5 Å². The van der Waals surface area contributed by atoms with Crippen LogP contribution in [0.3, 0.4) is 0 Å². The summed E-state index contributed by atoms with van der Waals surface area (Å²) >= 11 is 11.8. The van der Waals surface area contributed by atoms with Crippen molar-refractivity contribution < 1.29 is 9.53 Å². The van der Waals surface area contributed by atoms with E-state index in [2.05, 4.69) is 5.32 Å². The van der Waals surface area contributed by atoms with Crippen LogP contribution in [0, 0.1) is 5.92 Å². The summed E-state index contributed by atoms with van der Waals surface area (Å²) in [5.41, 5.74) is 0. The molecule has 1 saturated heterocycles. The molecule has 1 aromatic rings. The van der Waals surface area contributed by atoms with Gasteiger partial charge in [-0.2, -0.15) is 0 Å². The van der Waals surface area contributed by atoms with Crippen molar-refractivity contribution in [3.05, 3.63) is 28.2 Å². The summed E-state index contributed by atoms with van der Waals surface area (Å²) in [5, 5.41) is 4.13. The zero-order chi connectivity index (χ0) is 15.2. The summed E-state index contributed by atoms with van der Waals surface area (Å²) in [5.74, 6) is 1.01. The highest BCUT2D eigenvalue weighted by Crippen LogP contribution is 2.27. The van der Waals surface area contributed by atoms with Crippen LogP contribution in [0.25, 0.3) is 0 Å². The van der Waals surface area contributed by atoms with Crippen LogP contribution in [0.1, 0.15) is 12.8 Å². The molecule has 0 radical (unpaired) electrons. The average molecular weight is 331 g/mol. The molecule has 116 valence electrons. The van der Waals surface area contributed by atoms with Gasteiger partial charge in [0.05, 0.1) is 5.02 Å². The molecule has 4 nitrogen and oxygen atoms in total. The zero-order valence-corrected chi connectivity index (χ0v) is 13.6. The number of nitrogens with one attached hydrogen (secondary N) is 1. The molecule has 1 atom stereocenters. The Morgan fingerprint density at radius 2 is 2.29 bits per heavy atom. The topological polar surface area (TPSA) is 41.6 Å². The van der Waals surface area contributed by atoms with Crippen molar-refractivity contribution in [3.63, 3.8) is 0 Å². The Morgan fingerprint density at radius 1 is 1.48 bits per heavy atom. The van der Waals surface area contributed by atoms with Crippen molar-refractivity contribution in [2.24, 2.45) is 5.92 Å². The van der Waals surface area contributed by atoms with E-state index in [0.29, 0.717) is 21.7 Å². The number of hydrogen-bond donors (Lipinski definition) is 1. The summed E-state index contributed by atoms with van der Waals surface area (Å²) in [4.78, 5) is 14.1. The van der Waals surface area contributed by atoms with E-state index < -0.39 is 0 Å². The first kappa shape index (κ1) is 16.4. The lowest BCUT2D eigenvalue weighted by atomic mass is 9.98. The van der Waals surface area contributed by atoms with Crippen molar-refractivity contribution in [3.8, 4) is 5.75 Å². The second-order valence-corrected chi connectivity index (χ2v) is 6.11. The van der Waals surface area contributed by atoms with E-state index >= 15 is 0 Å². The molecule has 1 heterocycles. The van der Waals surface area contributed by atoms with Crippen molar-refractivity contribution in [1.82, 2.24) is 10.2 Å². The second-order valence-electron chi connectivity index (χ2n) is 5.27. The van der Waals surface area contributed by atoms with Gasteiger partial charge >= 0.3 is 0 Å². The lowest BCUT2D eigenvalue weighted by Crippen LogP contribution is -2.44. The minimum absolute atomic E-state index is 0.00168. The number of piperidine rings is 1. The normalized spacial score (nSPS) is 18.6. The SMILES string of the molecule is CNCC1CCCN(C(=O)COc2ccc(Cl)cc2Cl)C1. The van der Waals surface area contributed by atoms with Gasteiger partial charge in [-0.05, 0) is 50.6 Å². The van der Waals surface area contributed by atoms with E-state index in [1.165, 1.54) is 0 Å². The Hall–Kier alpha value is -0.970. The van der Waals surface area contributed by atoms with Gasteiger partial charge in [0, 0.05) is 18.1 Å². The molecule has 1 N–H and O–H groups in total. The van der Waals surface area contributed by atoms with Gasteiger partial charge in [-0.25, -0.2) is 0 Å². The fraction of sp³-hybridized carbons (Fsp3) is 0.533. The van der Waals surface area contributed by atoms with Crippen LogP contribution >= 0.6 is 23.2 Å². The molecule has 1 aromatic carbocycles. The Kier molecular flexibility index (Phi) is 6.15. The van der Waals surface area contributed by atoms with E-state index in [4.69, 9.17) is 27.9 Å². The average Bonchev–Trinajstić information content (AvgIpc) is 2.47. The van der Waals surface area contributed by atoms with Crippen LogP contribution in [0.5, 0.6) is 5.75 Å². The van der Waals surface area contributed by atoms with Crippen molar-refractivity contribution in [1.29, 1.82) is 0 Å². The van der Waals surface area contributed by atoms with E-state index in [1.54, 1.807) is 18.2 Å². The lowest BCUT2D eigenvalue weighted by molar-refractivity contribution is -0.135. The number of likely N-dealkylation sites (tertiary alicyclic amines) is 1. The molecule has 0 spiro atoms. The van der Waals surface area contributed by atoms with Gasteiger partial charge in [-0.1, -0.05) is 23.2 Å². The van der Waals surface area contributed by atoms with E-state index in [0.717, 1.165) is 32.5 Å². The maximum absolute atomic E-state index is 12.2. The predicted octanol–water partition coefficient (Wildman–Crippen LogP) is 2.83. The number of halogens is 2. The molecular formula is C15H20Cl2N2O2. The van der Waals surface area contributed by atoms with E-state index in [1.807, 2.05) is 11.9 Å². The minimum Gasteiger partial charge on any atom is -0.482 e. The highest BCUT2D eigenvalue weighted by molar-refractivity contribution is 6.35. The van der Waals surface area contributed by atoms with Gasteiger partial charge in [0.1, 0.15) is 5.75 Å². The van der Waals surface area contributed by atoms with E-state index in [9.17, 15) is 4.79 Å². The molecule has 0 aliphatic carbocycles. The molecule has 1 fully saturated rings. The summed E-state index contributed by atoms with van der Waals surface area (Å²) in [6.45, 7) is 2.54. The maximum atomic E-state index is 12.2. The highest BCUT2D eigenvalue weighted by Gasteiger charge is 2.23. The van der Waals surface area contributed by atoms with Crippen LogP contribution in [-0.2, 0) is 4.79 Å². The Balaban J connectivity index is 1.86. The number of amides is 1. The van der Waals surface area contributed by atoms with Crippen LogP contribution in [0.4, 0.5) is 0 Å². The fourth-order valence-corrected chi connectivity index (χ4v) is 3.03. The summed E-state index contributed by atoms with van der Waals surface area (Å²) < 4.78 is 5.50. The Bertz CT molecular complexity index is 495. The molecule has 6 heteroatoms. The first-order chi connectivity index (χ1) is 10.1. The van der Waals surface area contributed by atoms with Crippen molar-refractivity contribution >= 4 is 29.1 Å². The lowest BCUT2D eigenvalue weighted by Gasteiger charge is -2.32. The molecular weight excluding hydrogens is 311 g/mol. The minimum atomic E-state index is 0.00168. The van der Waals surface area contributed by atoms with Gasteiger partial charge < -0.3 is 15.0 Å². The van der Waals surface area contributed by atoms with Crippen LogP contribution in [-0.4, -0.2) is 44.1 Å². The van der Waals surface area contributed by atoms with Crippen LogP contribution in [0.2, 0.25) is 10.0 Å². The first-order valence-corrected chi connectivity index (χ1v) is 7.86. The molecule has 2 rings (SSSR count). The van der Waals surface area contributed by atoms with Gasteiger partial charge in [-0.15, -0.1) is 0 Å². The molecule has 1 amide bonds. The first-order valence-electron chi connectivity index (χ1n) is 7.10. The van der Waals surface area contributed by atoms with Gasteiger partial charge in [-0.3, -0.25) is 4.79 Å². The molecule has 0 aromatic heterocycles. The maximum Gasteiger partial charge on any atom is 0.260 e. The second kappa shape index (κ2) is 7.87. The number of hydrogen-bond acceptors (Lipinski definition) is 3. The molecule has 1 aliphatic heterocycles. The molecule has 21 heavy (non-hydrogen) atoms. The van der Waals surface area contributed by atoms with Crippen LogP contribution < -0.4 is 10.1 Å². The molecule has 0 saturated carbocycles. The Labute approximate surface area is 135 Å². The third-order valence-electron chi connectivity index (χ3n) is 3.61. The van der Waals surface area contributed by atoms with Gasteiger partial charge in [0.15, 0.2) is 6.61 Å². The highest BCUT2D eigenvalue weighted by atomic mass is 35.5. The number of ether oxygens (including phenoxy) is 1. The smallest absolute Gasteiger partial charge is 0.260 e. The zero-order valence-electron chi connectivity index (χ0n) is 12.1. The molecule has 1 aliphatic rings. The summed E-state index contributed by atoms with van der Waals surface area (Å²) in [6.07, 6.45) is 2.20. The Morgan fingerprint density at radius 3 is 3.00 bits per heavy atom. The third kappa shape index (κ3) is 4.77. The number of carbonyl (C=O) groups is 1. The third-order valence-corrected chi connectivity index (χ3v) is 4.14. The number of rotatable bonds is 5. The molecule has 1 unspecified atom stereocenters. The summed E-state index contributed by atoms with van der Waals surface area (Å²) in [7, 11) is 1.94. The predicted molar refractivity (Wildman–Crippen MR) is 85.2 cm³/mol. The monoisotopic (exact) mass is 330 g/mol. The number of benzene rings is 1. The largest absolute Gasteiger partial charge is 0.482 e. The van der Waals surface area contributed by atoms with Gasteiger partial charge in [0.25, 0.3) is 5.91 Å².